The van der Waals surface area contributed by atoms with Crippen LogP contribution in [0, 0.1) is 11.8 Å². The first-order chi connectivity index (χ1) is 21.0. The van der Waals surface area contributed by atoms with E-state index in [4.69, 9.17) is 15.5 Å². The van der Waals surface area contributed by atoms with Gasteiger partial charge in [0.05, 0.1) is 18.3 Å². The van der Waals surface area contributed by atoms with Gasteiger partial charge in [0.1, 0.15) is 16.9 Å². The first-order valence-electron chi connectivity index (χ1n) is 15.1. The van der Waals surface area contributed by atoms with Crippen molar-refractivity contribution in [3.05, 3.63) is 60.6 Å². The zero-order valence-corrected chi connectivity index (χ0v) is 24.4. The number of rotatable bonds is 6. The van der Waals surface area contributed by atoms with Gasteiger partial charge in [-0.15, -0.1) is 0 Å². The highest BCUT2D eigenvalue weighted by atomic mass is 16.5. The van der Waals surface area contributed by atoms with E-state index >= 15 is 0 Å². The van der Waals surface area contributed by atoms with E-state index in [1.807, 2.05) is 42.4 Å². The number of piperidine rings is 1. The average Bonchev–Trinajstić information content (AvgIpc) is 3.87. The molecule has 1 saturated carbocycles. The monoisotopic (exact) mass is 577 g/mol. The van der Waals surface area contributed by atoms with Crippen molar-refractivity contribution in [2.75, 3.05) is 31.6 Å². The Morgan fingerprint density at radius 3 is 2.63 bits per heavy atom. The molecule has 0 radical (unpaired) electrons. The van der Waals surface area contributed by atoms with Gasteiger partial charge in [-0.25, -0.2) is 19.9 Å². The van der Waals surface area contributed by atoms with Crippen LogP contribution in [-0.4, -0.2) is 78.7 Å². The summed E-state index contributed by atoms with van der Waals surface area (Å²) in [5.41, 5.74) is 10.5. The zero-order valence-electron chi connectivity index (χ0n) is 24.4. The van der Waals surface area contributed by atoms with Crippen molar-refractivity contribution >= 4 is 33.9 Å². The maximum atomic E-state index is 13.8. The van der Waals surface area contributed by atoms with E-state index in [2.05, 4.69) is 41.1 Å². The Labute approximate surface area is 249 Å². The van der Waals surface area contributed by atoms with Gasteiger partial charge in [-0.1, -0.05) is 0 Å². The lowest BCUT2D eigenvalue weighted by molar-refractivity contribution is 0.0700. The van der Waals surface area contributed by atoms with E-state index in [0.717, 1.165) is 85.0 Å². The number of imidazole rings is 1. The number of fused-ring (bicyclic) bond motifs is 4. The molecule has 2 bridgehead atoms. The van der Waals surface area contributed by atoms with Gasteiger partial charge in [0, 0.05) is 74.9 Å². The van der Waals surface area contributed by atoms with Gasteiger partial charge < -0.3 is 29.4 Å². The molecule has 11 heteroatoms. The van der Waals surface area contributed by atoms with Crippen LogP contribution in [0.2, 0.25) is 0 Å². The number of nitrogens with zero attached hydrogens (tertiary/aromatic N) is 8. The van der Waals surface area contributed by atoms with Crippen LogP contribution >= 0.6 is 0 Å². The van der Waals surface area contributed by atoms with Crippen molar-refractivity contribution in [3.8, 4) is 17.3 Å². The fraction of sp³-hybridized carbons (Fsp3) is 0.406. The van der Waals surface area contributed by atoms with E-state index in [9.17, 15) is 4.79 Å². The maximum absolute atomic E-state index is 13.8. The fourth-order valence-corrected chi connectivity index (χ4v) is 7.58. The first-order valence-corrected chi connectivity index (χ1v) is 15.1. The van der Waals surface area contributed by atoms with Gasteiger partial charge in [0.25, 0.3) is 5.91 Å². The summed E-state index contributed by atoms with van der Waals surface area (Å²) in [6.07, 6.45) is 8.46. The zero-order chi connectivity index (χ0) is 29.2. The predicted octanol–water partition coefficient (Wildman–Crippen LogP) is 3.48. The molecule has 1 amide bonds. The number of carbonyl (C=O) groups is 1. The molecule has 1 aliphatic carbocycles. The normalized spacial score (nSPS) is 23.2. The summed E-state index contributed by atoms with van der Waals surface area (Å²) in [6.45, 7) is 3.19. The summed E-state index contributed by atoms with van der Waals surface area (Å²) in [5.74, 6) is 2.97. The second-order valence-corrected chi connectivity index (χ2v) is 12.2. The summed E-state index contributed by atoms with van der Waals surface area (Å²) in [4.78, 5) is 36.8. The van der Waals surface area contributed by atoms with Gasteiger partial charge in [-0.3, -0.25) is 4.79 Å². The summed E-state index contributed by atoms with van der Waals surface area (Å²) >= 11 is 0. The topological polar surface area (TPSA) is 120 Å². The Morgan fingerprint density at radius 1 is 1.05 bits per heavy atom. The van der Waals surface area contributed by atoms with Gasteiger partial charge >= 0.3 is 0 Å². The molecule has 3 aliphatic rings. The molecular weight excluding hydrogens is 542 g/mol. The number of likely N-dealkylation sites (tertiary alicyclic amines) is 1. The summed E-state index contributed by atoms with van der Waals surface area (Å²) < 4.78 is 10.4. The van der Waals surface area contributed by atoms with Gasteiger partial charge in [0.15, 0.2) is 5.82 Å². The van der Waals surface area contributed by atoms with E-state index < -0.39 is 0 Å². The van der Waals surface area contributed by atoms with Crippen LogP contribution in [0.3, 0.4) is 0 Å². The number of aromatic nitrogens is 6. The minimum absolute atomic E-state index is 0.00190. The van der Waals surface area contributed by atoms with E-state index in [1.165, 1.54) is 0 Å². The Bertz CT molecular complexity index is 1850. The minimum atomic E-state index is 0.00190. The van der Waals surface area contributed by atoms with E-state index in [1.54, 1.807) is 19.5 Å². The van der Waals surface area contributed by atoms with E-state index in [-0.39, 0.29) is 18.0 Å². The van der Waals surface area contributed by atoms with Crippen LogP contribution in [0.25, 0.3) is 33.6 Å². The van der Waals surface area contributed by atoms with Crippen molar-refractivity contribution in [2.24, 2.45) is 24.6 Å². The Morgan fingerprint density at radius 2 is 1.88 bits per heavy atom. The van der Waals surface area contributed by atoms with Crippen LogP contribution in [0.15, 0.2) is 55.0 Å². The molecule has 3 fully saturated rings. The molecule has 6 heterocycles. The molecule has 4 aromatic heterocycles. The summed E-state index contributed by atoms with van der Waals surface area (Å²) in [7, 11) is 3.69. The molecule has 220 valence electrons. The Hall–Kier alpha value is -4.51. The lowest BCUT2D eigenvalue weighted by Gasteiger charge is -2.27. The molecule has 1 aromatic carbocycles. The molecule has 11 nitrogen and oxygen atoms in total. The quantitative estimate of drug-likeness (QED) is 0.326. The minimum Gasteiger partial charge on any atom is -0.494 e. The second-order valence-electron chi connectivity index (χ2n) is 12.2. The van der Waals surface area contributed by atoms with Crippen LogP contribution in [0.5, 0.6) is 5.75 Å². The molecule has 2 saturated heterocycles. The highest BCUT2D eigenvalue weighted by molar-refractivity contribution is 6.00. The smallest absolute Gasteiger partial charge is 0.254 e. The third kappa shape index (κ3) is 4.16. The van der Waals surface area contributed by atoms with Crippen molar-refractivity contribution in [2.45, 2.75) is 37.9 Å². The Kier molecular flexibility index (Phi) is 6.11. The molecule has 4 atom stereocenters. The van der Waals surface area contributed by atoms with Crippen LogP contribution in [0.1, 0.15) is 29.6 Å². The predicted molar refractivity (Wildman–Crippen MR) is 164 cm³/mol. The Balaban J connectivity index is 1.22. The number of carbonyl (C=O) groups excluding carboxylic acids is 1. The molecule has 2 aliphatic heterocycles. The molecular formula is C32H35N9O2. The number of aryl methyl sites for hydroxylation is 1. The molecule has 0 unspecified atom stereocenters. The molecule has 8 rings (SSSR count). The number of nitrogens with two attached hydrogens (primary N) is 1. The summed E-state index contributed by atoms with van der Waals surface area (Å²) in [5, 5.41) is 1.05. The number of benzene rings is 1. The van der Waals surface area contributed by atoms with Crippen molar-refractivity contribution in [1.29, 1.82) is 0 Å². The van der Waals surface area contributed by atoms with Gasteiger partial charge in [-0.2, -0.15) is 0 Å². The number of hydrogen-bond donors (Lipinski definition) is 1. The SMILES string of the molecule is COc1cc(C(=O)N2C[C@H]3CC[C@@H]2[C@@H]3N)cc2nc(-c3cc4cccnc4n3C)n(C[C@@H]3CCN(c4ncccn4)C3)c12. The van der Waals surface area contributed by atoms with Gasteiger partial charge in [0.2, 0.25) is 5.95 Å². The third-order valence-corrected chi connectivity index (χ3v) is 9.77. The number of pyridine rings is 1. The van der Waals surface area contributed by atoms with Gasteiger partial charge in [-0.05, 0) is 67.5 Å². The van der Waals surface area contributed by atoms with Crippen LogP contribution < -0.4 is 15.4 Å². The second kappa shape index (κ2) is 10.0. The average molecular weight is 578 g/mol. The number of anilines is 1. The first kappa shape index (κ1) is 26.1. The number of amides is 1. The van der Waals surface area contributed by atoms with Crippen LogP contribution in [0.4, 0.5) is 5.95 Å². The fourth-order valence-electron chi connectivity index (χ4n) is 7.58. The molecule has 2 N–H and O–H groups in total. The van der Waals surface area contributed by atoms with E-state index in [0.29, 0.717) is 23.1 Å². The summed E-state index contributed by atoms with van der Waals surface area (Å²) in [6, 6.07) is 12.0. The highest BCUT2D eigenvalue weighted by Gasteiger charge is 2.47. The highest BCUT2D eigenvalue weighted by Crippen LogP contribution is 2.40. The molecule has 5 aromatic rings. The number of hydrogen-bond acceptors (Lipinski definition) is 8. The molecule has 0 spiro atoms. The third-order valence-electron chi connectivity index (χ3n) is 9.77. The standard InChI is InChI=1S/C32H35N9O2/c1-38-25(14-20-5-3-9-34-29(20)38)30-37-23-13-22(31(42)40-18-21-6-7-24(40)27(21)33)15-26(43-2)28(23)41(30)17-19-8-12-39(16-19)32-35-10-4-11-36-32/h3-5,9-11,13-15,19,21,24,27H,6-8,12,16-18,33H2,1-2H3/t19-,21-,24-,27-/m1/s1. The lowest BCUT2D eigenvalue weighted by Crippen LogP contribution is -2.41. The maximum Gasteiger partial charge on any atom is 0.254 e. The van der Waals surface area contributed by atoms with Crippen molar-refractivity contribution < 1.29 is 9.53 Å². The van der Waals surface area contributed by atoms with Crippen molar-refractivity contribution in [3.63, 3.8) is 0 Å². The molecule has 43 heavy (non-hydrogen) atoms. The lowest BCUT2D eigenvalue weighted by atomic mass is 10.1. The number of ether oxygens (including phenoxy) is 1. The largest absolute Gasteiger partial charge is 0.494 e. The van der Waals surface area contributed by atoms with Crippen molar-refractivity contribution in [1.82, 2.24) is 34.0 Å². The van der Waals surface area contributed by atoms with Crippen LogP contribution in [-0.2, 0) is 13.6 Å². The number of methoxy groups -OCH3 is 1.